The number of piperazine rings is 1. The zero-order valence-corrected chi connectivity index (χ0v) is 24.5. The Morgan fingerprint density at radius 1 is 1.09 bits per heavy atom. The number of hydrogen-bond donors (Lipinski definition) is 2. The summed E-state index contributed by atoms with van der Waals surface area (Å²) in [7, 11) is 0. The smallest absolute Gasteiger partial charge is 0.409 e. The van der Waals surface area contributed by atoms with Gasteiger partial charge < -0.3 is 39.3 Å². The van der Waals surface area contributed by atoms with Crippen LogP contribution in [0.1, 0.15) is 44.1 Å². The Balaban J connectivity index is 1.49. The first-order valence-corrected chi connectivity index (χ1v) is 14.1. The first-order chi connectivity index (χ1) is 20.5. The lowest BCUT2D eigenvalue weighted by atomic mass is 10.1. The number of pyridine rings is 1. The highest BCUT2D eigenvalue weighted by molar-refractivity contribution is 5.99. The average molecular weight is 600 g/mol. The molecule has 2 saturated heterocycles. The van der Waals surface area contributed by atoms with Crippen molar-refractivity contribution in [2.75, 3.05) is 52.7 Å². The number of carboxylic acid groups (broad SMARTS) is 1. The van der Waals surface area contributed by atoms with Crippen LogP contribution in [-0.4, -0.2) is 119 Å². The van der Waals surface area contributed by atoms with Gasteiger partial charge >= 0.3 is 12.1 Å². The van der Waals surface area contributed by atoms with Gasteiger partial charge in [0.25, 0.3) is 11.8 Å². The van der Waals surface area contributed by atoms with Gasteiger partial charge in [-0.25, -0.2) is 9.78 Å². The minimum absolute atomic E-state index is 0.0637. The number of amides is 4. The molecule has 0 radical (unpaired) electrons. The van der Waals surface area contributed by atoms with Gasteiger partial charge in [-0.3, -0.25) is 19.2 Å². The molecule has 43 heavy (non-hydrogen) atoms. The van der Waals surface area contributed by atoms with Crippen molar-refractivity contribution in [2.45, 2.75) is 45.2 Å². The van der Waals surface area contributed by atoms with Gasteiger partial charge in [0.1, 0.15) is 24.2 Å². The number of para-hydroxylation sites is 1. The van der Waals surface area contributed by atoms with Crippen LogP contribution in [0.4, 0.5) is 4.79 Å². The first-order valence-electron chi connectivity index (χ1n) is 14.1. The molecule has 2 aliphatic rings. The van der Waals surface area contributed by atoms with E-state index in [2.05, 4.69) is 10.3 Å². The Hall–Kier alpha value is -4.46. The largest absolute Gasteiger partial charge is 0.483 e. The molecule has 2 N–H and O–H groups in total. The van der Waals surface area contributed by atoms with Crippen LogP contribution in [0.3, 0.4) is 0 Å². The van der Waals surface area contributed by atoms with E-state index in [9.17, 15) is 29.1 Å². The molecule has 0 spiro atoms. The fourth-order valence-corrected chi connectivity index (χ4v) is 4.95. The summed E-state index contributed by atoms with van der Waals surface area (Å²) >= 11 is 0. The SMILES string of the molecule is CCOC(=O)N1CCN(C(=O)[C@H](CCC(=O)O)NC(=O)c2cc(OCC(=O)N3COCC3(C)C)c3ccccc3n2)CC1. The molecule has 3 heterocycles. The van der Waals surface area contributed by atoms with Crippen molar-refractivity contribution in [1.29, 1.82) is 0 Å². The average Bonchev–Trinajstić information content (AvgIpc) is 3.36. The quantitative estimate of drug-likeness (QED) is 0.408. The monoisotopic (exact) mass is 599 g/mol. The van der Waals surface area contributed by atoms with Crippen molar-refractivity contribution in [3.05, 3.63) is 36.0 Å². The van der Waals surface area contributed by atoms with Crippen molar-refractivity contribution in [1.82, 2.24) is 25.0 Å². The number of fused-ring (bicyclic) bond motifs is 1. The van der Waals surface area contributed by atoms with E-state index in [0.29, 0.717) is 17.5 Å². The van der Waals surface area contributed by atoms with E-state index in [0.717, 1.165) is 0 Å². The maximum Gasteiger partial charge on any atom is 0.409 e. The standard InChI is InChI=1S/C29H37N5O9/c1-4-42-28(40)33-13-11-32(12-14-33)27(39)21(9-10-25(36)37)31-26(38)22-15-23(19-7-5-6-8-20(19)30-22)43-16-24(35)34-18-41-17-29(34,2)3/h5-8,15,21H,4,9-14,16-18H2,1-3H3,(H,31,38)(H,36,37)/t21-/m0/s1. The number of benzene rings is 1. The number of carbonyl (C=O) groups excluding carboxylic acids is 4. The second kappa shape index (κ2) is 13.7. The number of ether oxygens (including phenoxy) is 3. The van der Waals surface area contributed by atoms with E-state index >= 15 is 0 Å². The Kier molecular flexibility index (Phi) is 10.0. The summed E-state index contributed by atoms with van der Waals surface area (Å²) in [4.78, 5) is 72.0. The normalized spacial score (nSPS) is 17.0. The van der Waals surface area contributed by atoms with E-state index in [1.807, 2.05) is 13.8 Å². The van der Waals surface area contributed by atoms with E-state index in [4.69, 9.17) is 14.2 Å². The predicted molar refractivity (Wildman–Crippen MR) is 152 cm³/mol. The molecule has 1 aromatic carbocycles. The van der Waals surface area contributed by atoms with Gasteiger partial charge in [-0.2, -0.15) is 0 Å². The van der Waals surface area contributed by atoms with E-state index < -0.39 is 35.5 Å². The summed E-state index contributed by atoms with van der Waals surface area (Å²) in [5.74, 6) is -2.31. The van der Waals surface area contributed by atoms with Crippen LogP contribution in [-0.2, 0) is 23.9 Å². The van der Waals surface area contributed by atoms with Crippen LogP contribution in [0.15, 0.2) is 30.3 Å². The van der Waals surface area contributed by atoms with Crippen LogP contribution >= 0.6 is 0 Å². The molecule has 14 heteroatoms. The lowest BCUT2D eigenvalue weighted by Gasteiger charge is -2.35. The minimum Gasteiger partial charge on any atom is -0.483 e. The molecule has 0 aliphatic carbocycles. The van der Waals surface area contributed by atoms with Gasteiger partial charge in [0, 0.05) is 44.1 Å². The molecule has 1 atom stereocenters. The lowest BCUT2D eigenvalue weighted by molar-refractivity contribution is -0.139. The van der Waals surface area contributed by atoms with Crippen molar-refractivity contribution < 1.29 is 43.3 Å². The molecule has 2 aromatic rings. The highest BCUT2D eigenvalue weighted by atomic mass is 16.6. The van der Waals surface area contributed by atoms with E-state index in [1.165, 1.54) is 15.9 Å². The molecular weight excluding hydrogens is 562 g/mol. The summed E-state index contributed by atoms with van der Waals surface area (Å²) in [5, 5.41) is 12.5. The third-order valence-corrected chi connectivity index (χ3v) is 7.34. The fourth-order valence-electron chi connectivity index (χ4n) is 4.95. The van der Waals surface area contributed by atoms with Gasteiger partial charge in [-0.1, -0.05) is 12.1 Å². The molecule has 0 unspecified atom stereocenters. The van der Waals surface area contributed by atoms with Crippen molar-refractivity contribution in [3.8, 4) is 5.75 Å². The first kappa shape index (κ1) is 31.5. The van der Waals surface area contributed by atoms with Crippen molar-refractivity contribution >= 4 is 40.7 Å². The van der Waals surface area contributed by atoms with Crippen molar-refractivity contribution in [2.24, 2.45) is 0 Å². The van der Waals surface area contributed by atoms with Gasteiger partial charge in [0.15, 0.2) is 6.61 Å². The highest BCUT2D eigenvalue weighted by Crippen LogP contribution is 2.27. The summed E-state index contributed by atoms with van der Waals surface area (Å²) in [6.07, 6.45) is -0.959. The molecule has 4 rings (SSSR count). The number of aliphatic carboxylic acids is 1. The van der Waals surface area contributed by atoms with Crippen LogP contribution < -0.4 is 10.1 Å². The van der Waals surface area contributed by atoms with E-state index in [1.54, 1.807) is 36.1 Å². The molecule has 14 nitrogen and oxygen atoms in total. The number of nitrogens with zero attached hydrogens (tertiary/aromatic N) is 4. The second-order valence-corrected chi connectivity index (χ2v) is 10.9. The molecule has 1 aromatic heterocycles. The van der Waals surface area contributed by atoms with Crippen LogP contribution in [0.5, 0.6) is 5.75 Å². The van der Waals surface area contributed by atoms with Gasteiger partial charge in [0.2, 0.25) is 5.91 Å². The number of aromatic nitrogens is 1. The molecule has 0 bridgehead atoms. The van der Waals surface area contributed by atoms with Gasteiger partial charge in [-0.15, -0.1) is 0 Å². The van der Waals surface area contributed by atoms with Crippen LogP contribution in [0, 0.1) is 0 Å². The second-order valence-electron chi connectivity index (χ2n) is 10.9. The summed E-state index contributed by atoms with van der Waals surface area (Å²) < 4.78 is 16.3. The Labute approximate surface area is 248 Å². The summed E-state index contributed by atoms with van der Waals surface area (Å²) in [6, 6.07) is 7.21. The zero-order valence-electron chi connectivity index (χ0n) is 24.5. The Morgan fingerprint density at radius 3 is 2.44 bits per heavy atom. The topological polar surface area (TPSA) is 168 Å². The molecule has 2 fully saturated rings. The lowest BCUT2D eigenvalue weighted by Crippen LogP contribution is -2.56. The summed E-state index contributed by atoms with van der Waals surface area (Å²) in [5.41, 5.74) is -0.105. The predicted octanol–water partition coefficient (Wildman–Crippen LogP) is 1.47. The molecule has 2 aliphatic heterocycles. The zero-order chi connectivity index (χ0) is 31.1. The van der Waals surface area contributed by atoms with Gasteiger partial charge in [-0.05, 0) is 39.3 Å². The number of carboxylic acids is 1. The van der Waals surface area contributed by atoms with Gasteiger partial charge in [0.05, 0.1) is 24.3 Å². The summed E-state index contributed by atoms with van der Waals surface area (Å²) in [6.45, 7) is 6.90. The minimum atomic E-state index is -1.14. The molecule has 0 saturated carbocycles. The maximum absolute atomic E-state index is 13.4. The number of carbonyl (C=O) groups is 5. The highest BCUT2D eigenvalue weighted by Gasteiger charge is 2.37. The molecular formula is C29H37N5O9. The number of nitrogens with one attached hydrogen (secondary N) is 1. The van der Waals surface area contributed by atoms with E-state index in [-0.39, 0.29) is 76.3 Å². The Bertz CT molecular complexity index is 1370. The fraction of sp³-hybridized carbons (Fsp3) is 0.517. The molecule has 4 amide bonds. The Morgan fingerprint density at radius 2 is 1.79 bits per heavy atom. The van der Waals surface area contributed by atoms with Crippen LogP contribution in [0.2, 0.25) is 0 Å². The third kappa shape index (κ3) is 7.69. The number of hydrogen-bond acceptors (Lipinski definition) is 9. The molecule has 232 valence electrons. The van der Waals surface area contributed by atoms with Crippen LogP contribution in [0.25, 0.3) is 10.9 Å². The number of rotatable bonds is 10. The van der Waals surface area contributed by atoms with Crippen molar-refractivity contribution in [3.63, 3.8) is 0 Å². The maximum atomic E-state index is 13.4. The third-order valence-electron chi connectivity index (χ3n) is 7.34.